The van der Waals surface area contributed by atoms with E-state index in [-0.39, 0.29) is 13.2 Å². The topological polar surface area (TPSA) is 52.6 Å². The maximum atomic E-state index is 13.5. The minimum absolute atomic E-state index is 0.0381. The highest BCUT2D eigenvalue weighted by Gasteiger charge is 2.37. The second-order valence-electron chi connectivity index (χ2n) is 8.65. The zero-order valence-corrected chi connectivity index (χ0v) is 22.0. The van der Waals surface area contributed by atoms with E-state index in [9.17, 15) is 9.59 Å². The highest BCUT2D eigenvalue weighted by atomic mass is 35.5. The molecule has 0 aliphatic heterocycles. The van der Waals surface area contributed by atoms with Gasteiger partial charge in [0.25, 0.3) is 0 Å². The van der Waals surface area contributed by atoms with Crippen LogP contribution in [0.1, 0.15) is 28.2 Å². The van der Waals surface area contributed by atoms with Crippen LogP contribution in [0, 0.1) is 5.92 Å². The summed E-state index contributed by atoms with van der Waals surface area (Å²) in [6.07, 6.45) is 3.66. The number of benzene rings is 4. The minimum atomic E-state index is -1.24. The maximum absolute atomic E-state index is 13.5. The van der Waals surface area contributed by atoms with E-state index in [0.29, 0.717) is 10.0 Å². The number of carbonyl (C=O) groups excluding carboxylic acids is 2. The predicted molar refractivity (Wildman–Crippen MR) is 151 cm³/mol. The van der Waals surface area contributed by atoms with Gasteiger partial charge >= 0.3 is 11.9 Å². The predicted octanol–water partition coefficient (Wildman–Crippen LogP) is 7.89. The van der Waals surface area contributed by atoms with Crippen molar-refractivity contribution >= 4 is 41.2 Å². The van der Waals surface area contributed by atoms with Crippen molar-refractivity contribution in [3.63, 3.8) is 0 Å². The molecule has 4 aromatic rings. The highest BCUT2D eigenvalue weighted by Crippen LogP contribution is 2.31. The molecule has 4 nitrogen and oxygen atoms in total. The molecule has 0 bridgehead atoms. The largest absolute Gasteiger partial charge is 0.460 e. The fraction of sp³-hybridized carbons (Fsp3) is 0.125. The van der Waals surface area contributed by atoms with Crippen LogP contribution in [-0.2, 0) is 32.3 Å². The van der Waals surface area contributed by atoms with Gasteiger partial charge in [0.15, 0.2) is 5.92 Å². The molecule has 38 heavy (non-hydrogen) atoms. The Labute approximate surface area is 232 Å². The molecule has 0 N–H and O–H groups in total. The van der Waals surface area contributed by atoms with Crippen molar-refractivity contribution in [1.29, 1.82) is 0 Å². The number of carbonyl (C=O) groups is 2. The van der Waals surface area contributed by atoms with Crippen molar-refractivity contribution in [1.82, 2.24) is 0 Å². The second-order valence-corrected chi connectivity index (χ2v) is 9.53. The van der Waals surface area contributed by atoms with E-state index in [2.05, 4.69) is 0 Å². The van der Waals surface area contributed by atoms with Gasteiger partial charge in [0.2, 0.25) is 0 Å². The fourth-order valence-electron chi connectivity index (χ4n) is 3.91. The van der Waals surface area contributed by atoms with Crippen molar-refractivity contribution in [2.75, 3.05) is 0 Å². The van der Waals surface area contributed by atoms with E-state index in [4.69, 9.17) is 32.7 Å². The molecule has 1 atom stereocenters. The Balaban J connectivity index is 1.66. The Morgan fingerprint density at radius 2 is 1.08 bits per heavy atom. The summed E-state index contributed by atoms with van der Waals surface area (Å²) in [5.74, 6) is -3.26. The summed E-state index contributed by atoms with van der Waals surface area (Å²) < 4.78 is 11.3. The lowest BCUT2D eigenvalue weighted by Gasteiger charge is -2.23. The molecule has 192 valence electrons. The second kappa shape index (κ2) is 13.6. The third-order valence-corrected chi connectivity index (χ3v) is 6.44. The van der Waals surface area contributed by atoms with Gasteiger partial charge in [-0.25, -0.2) is 0 Å². The Morgan fingerprint density at radius 1 is 0.632 bits per heavy atom. The molecule has 0 aromatic heterocycles. The van der Waals surface area contributed by atoms with E-state index in [1.807, 2.05) is 84.9 Å². The average molecular weight is 545 g/mol. The molecule has 0 unspecified atom stereocenters. The first-order chi connectivity index (χ1) is 18.5. The zero-order chi connectivity index (χ0) is 26.7. The Hall–Kier alpha value is -3.86. The summed E-state index contributed by atoms with van der Waals surface area (Å²) in [6.45, 7) is 0.0761. The quantitative estimate of drug-likeness (QED) is 0.150. The van der Waals surface area contributed by atoms with E-state index < -0.39 is 23.8 Å². The molecule has 4 rings (SSSR count). The van der Waals surface area contributed by atoms with Crippen LogP contribution in [0.15, 0.2) is 115 Å². The first-order valence-electron chi connectivity index (χ1n) is 12.1. The van der Waals surface area contributed by atoms with E-state index in [1.54, 1.807) is 36.4 Å². The number of allylic oxidation sites excluding steroid dienone is 1. The molecule has 4 aromatic carbocycles. The van der Waals surface area contributed by atoms with Gasteiger partial charge in [-0.1, -0.05) is 120 Å². The van der Waals surface area contributed by atoms with Crippen molar-refractivity contribution in [3.8, 4) is 0 Å². The molecule has 0 aliphatic carbocycles. The van der Waals surface area contributed by atoms with Crippen LogP contribution < -0.4 is 0 Å². The van der Waals surface area contributed by atoms with Crippen molar-refractivity contribution in [3.05, 3.63) is 148 Å². The summed E-state index contributed by atoms with van der Waals surface area (Å²) in [5, 5.41) is 1.16. The normalized spacial score (nSPS) is 11.9. The van der Waals surface area contributed by atoms with Crippen LogP contribution in [0.5, 0.6) is 0 Å². The Morgan fingerprint density at radius 3 is 1.55 bits per heavy atom. The number of hydrogen-bond donors (Lipinski definition) is 0. The fourth-order valence-corrected chi connectivity index (χ4v) is 4.17. The van der Waals surface area contributed by atoms with Crippen LogP contribution in [0.3, 0.4) is 0 Å². The molecule has 0 amide bonds. The van der Waals surface area contributed by atoms with Gasteiger partial charge < -0.3 is 9.47 Å². The first kappa shape index (κ1) is 27.2. The van der Waals surface area contributed by atoms with E-state index in [1.165, 1.54) is 0 Å². The van der Waals surface area contributed by atoms with Gasteiger partial charge in [-0.05, 0) is 46.5 Å². The molecule has 0 heterocycles. The SMILES string of the molecule is O=C(OCc1ccccc1)C(C(=O)OCc1ccccc1)[C@H](/C=C/c1ccc(Cl)cc1)c1ccc(Cl)cc1. The molecular weight excluding hydrogens is 519 g/mol. The average Bonchev–Trinajstić information content (AvgIpc) is 2.95. The van der Waals surface area contributed by atoms with Crippen molar-refractivity contribution in [2.45, 2.75) is 19.1 Å². The van der Waals surface area contributed by atoms with Gasteiger partial charge in [0.05, 0.1) is 0 Å². The molecule has 0 aliphatic rings. The number of rotatable bonds is 10. The lowest BCUT2D eigenvalue weighted by atomic mass is 9.85. The molecule has 0 radical (unpaired) electrons. The summed E-state index contributed by atoms with van der Waals surface area (Å²) in [5.41, 5.74) is 3.22. The standard InChI is InChI=1S/C32H26Cl2O4/c33-27-16-11-23(12-17-27)13-20-29(26-14-18-28(34)19-15-26)30(31(35)37-21-24-7-3-1-4-8-24)32(36)38-22-25-9-5-2-6-10-25/h1-20,29-30H,21-22H2/b20-13+/t29-/m1/s1. The molecular formula is C32H26Cl2O4. The van der Waals surface area contributed by atoms with Gasteiger partial charge in [0, 0.05) is 16.0 Å². The third-order valence-electron chi connectivity index (χ3n) is 5.94. The van der Waals surface area contributed by atoms with Crippen molar-refractivity contribution < 1.29 is 19.1 Å². The summed E-state index contributed by atoms with van der Waals surface area (Å²) in [6, 6.07) is 32.9. The van der Waals surface area contributed by atoms with Crippen LogP contribution in [0.4, 0.5) is 0 Å². The number of esters is 2. The molecule has 0 fully saturated rings. The number of hydrogen-bond acceptors (Lipinski definition) is 4. The number of halogens is 2. The lowest BCUT2D eigenvalue weighted by Crippen LogP contribution is -2.32. The maximum Gasteiger partial charge on any atom is 0.321 e. The van der Waals surface area contributed by atoms with Gasteiger partial charge in [0.1, 0.15) is 13.2 Å². The summed E-state index contributed by atoms with van der Waals surface area (Å²) in [4.78, 5) is 27.0. The molecule has 0 saturated heterocycles. The third kappa shape index (κ3) is 7.82. The van der Waals surface area contributed by atoms with Gasteiger partial charge in [-0.2, -0.15) is 0 Å². The smallest absolute Gasteiger partial charge is 0.321 e. The van der Waals surface area contributed by atoms with Crippen molar-refractivity contribution in [2.24, 2.45) is 5.92 Å². The van der Waals surface area contributed by atoms with Crippen LogP contribution in [0.25, 0.3) is 6.08 Å². The zero-order valence-electron chi connectivity index (χ0n) is 20.5. The number of ether oxygens (including phenoxy) is 2. The Bertz CT molecular complexity index is 1300. The van der Waals surface area contributed by atoms with E-state index >= 15 is 0 Å². The highest BCUT2D eigenvalue weighted by molar-refractivity contribution is 6.30. The van der Waals surface area contributed by atoms with Crippen LogP contribution >= 0.6 is 23.2 Å². The Kier molecular flexibility index (Phi) is 9.74. The summed E-state index contributed by atoms with van der Waals surface area (Å²) in [7, 11) is 0. The molecule has 0 saturated carbocycles. The minimum Gasteiger partial charge on any atom is -0.460 e. The van der Waals surface area contributed by atoms with Gasteiger partial charge in [-0.15, -0.1) is 0 Å². The molecule has 6 heteroatoms. The summed E-state index contributed by atoms with van der Waals surface area (Å²) >= 11 is 12.2. The van der Waals surface area contributed by atoms with Crippen LogP contribution in [-0.4, -0.2) is 11.9 Å². The molecule has 0 spiro atoms. The monoisotopic (exact) mass is 544 g/mol. The van der Waals surface area contributed by atoms with E-state index in [0.717, 1.165) is 22.3 Å². The lowest BCUT2D eigenvalue weighted by molar-refractivity contribution is -0.164. The van der Waals surface area contributed by atoms with Gasteiger partial charge in [-0.3, -0.25) is 9.59 Å². The first-order valence-corrected chi connectivity index (χ1v) is 12.9. The van der Waals surface area contributed by atoms with Crippen LogP contribution in [0.2, 0.25) is 10.0 Å².